The predicted octanol–water partition coefficient (Wildman–Crippen LogP) is 0.888. The highest BCUT2D eigenvalue weighted by Gasteiger charge is 2.17. The third-order valence-electron chi connectivity index (χ3n) is 2.49. The molecule has 0 radical (unpaired) electrons. The number of carbonyl (C=O) groups is 1. The minimum absolute atomic E-state index is 0.281. The minimum atomic E-state index is -0.442. The van der Waals surface area contributed by atoms with Crippen molar-refractivity contribution in [3.8, 4) is 0 Å². The summed E-state index contributed by atoms with van der Waals surface area (Å²) in [5.74, 6) is 0.219. The van der Waals surface area contributed by atoms with E-state index in [0.717, 1.165) is 11.2 Å². The van der Waals surface area contributed by atoms with Crippen molar-refractivity contribution in [2.24, 2.45) is 5.73 Å². The Labute approximate surface area is 92.8 Å². The second kappa shape index (κ2) is 3.94. The Morgan fingerprint density at radius 3 is 2.94 bits per heavy atom. The van der Waals surface area contributed by atoms with Gasteiger partial charge in [0.25, 0.3) is 0 Å². The molecule has 0 bridgehead atoms. The lowest BCUT2D eigenvalue weighted by molar-refractivity contribution is 0.0597. The van der Waals surface area contributed by atoms with E-state index >= 15 is 0 Å². The molecule has 0 amide bonds. The maximum Gasteiger partial charge on any atom is 0.358 e. The van der Waals surface area contributed by atoms with Crippen LogP contribution in [0.15, 0.2) is 18.2 Å². The van der Waals surface area contributed by atoms with Gasteiger partial charge in [-0.15, -0.1) is 0 Å². The Kier molecular flexibility index (Phi) is 2.62. The first-order valence-electron chi connectivity index (χ1n) is 4.94. The fourth-order valence-electron chi connectivity index (χ4n) is 1.77. The second-order valence-electron chi connectivity index (χ2n) is 3.46. The fourth-order valence-corrected chi connectivity index (χ4v) is 1.77. The van der Waals surface area contributed by atoms with Gasteiger partial charge in [-0.05, 0) is 19.1 Å². The molecular formula is C11H13N3O2. The maximum absolute atomic E-state index is 11.5. The SMILES string of the molecule is COC(=O)c1nc(CN)n2c(C)cccc12. The van der Waals surface area contributed by atoms with Crippen LogP contribution in [-0.2, 0) is 11.3 Å². The smallest absolute Gasteiger partial charge is 0.358 e. The molecule has 0 saturated heterocycles. The van der Waals surface area contributed by atoms with Crippen LogP contribution in [0.4, 0.5) is 0 Å². The number of hydrogen-bond donors (Lipinski definition) is 1. The molecule has 0 aliphatic carbocycles. The lowest BCUT2D eigenvalue weighted by Crippen LogP contribution is -2.04. The number of imidazole rings is 1. The molecule has 0 aliphatic rings. The number of ether oxygens (including phenoxy) is 1. The quantitative estimate of drug-likeness (QED) is 0.761. The number of rotatable bonds is 2. The molecule has 2 rings (SSSR count). The molecule has 0 saturated carbocycles. The molecule has 16 heavy (non-hydrogen) atoms. The average molecular weight is 219 g/mol. The zero-order chi connectivity index (χ0) is 11.7. The summed E-state index contributed by atoms with van der Waals surface area (Å²) in [5, 5.41) is 0. The van der Waals surface area contributed by atoms with Gasteiger partial charge in [0, 0.05) is 5.69 Å². The van der Waals surface area contributed by atoms with Crippen LogP contribution in [0.3, 0.4) is 0 Å². The van der Waals surface area contributed by atoms with E-state index in [-0.39, 0.29) is 6.54 Å². The van der Waals surface area contributed by atoms with Gasteiger partial charge in [-0.2, -0.15) is 0 Å². The van der Waals surface area contributed by atoms with E-state index in [0.29, 0.717) is 11.5 Å². The van der Waals surface area contributed by atoms with E-state index in [1.807, 2.05) is 29.5 Å². The van der Waals surface area contributed by atoms with Crippen LogP contribution in [-0.4, -0.2) is 22.5 Å². The molecule has 0 atom stereocenters. The molecule has 2 aromatic rings. The van der Waals surface area contributed by atoms with Gasteiger partial charge in [-0.25, -0.2) is 9.78 Å². The molecule has 0 unspecified atom stereocenters. The highest BCUT2D eigenvalue weighted by Crippen LogP contribution is 2.16. The van der Waals surface area contributed by atoms with Crippen LogP contribution in [0.25, 0.3) is 5.52 Å². The summed E-state index contributed by atoms with van der Waals surface area (Å²) >= 11 is 0. The van der Waals surface area contributed by atoms with Crippen LogP contribution < -0.4 is 5.73 Å². The minimum Gasteiger partial charge on any atom is -0.464 e. The Morgan fingerprint density at radius 1 is 1.56 bits per heavy atom. The van der Waals surface area contributed by atoms with Crippen molar-refractivity contribution in [3.05, 3.63) is 35.4 Å². The Bertz CT molecular complexity index is 545. The van der Waals surface area contributed by atoms with E-state index in [4.69, 9.17) is 5.73 Å². The number of aromatic nitrogens is 2. The molecule has 0 aromatic carbocycles. The largest absolute Gasteiger partial charge is 0.464 e. The number of methoxy groups -OCH3 is 1. The van der Waals surface area contributed by atoms with Crippen molar-refractivity contribution >= 4 is 11.5 Å². The summed E-state index contributed by atoms with van der Waals surface area (Å²) in [4.78, 5) is 15.7. The summed E-state index contributed by atoms with van der Waals surface area (Å²) < 4.78 is 6.55. The lowest BCUT2D eigenvalue weighted by Gasteiger charge is -2.02. The van der Waals surface area contributed by atoms with Gasteiger partial charge >= 0.3 is 5.97 Å². The van der Waals surface area contributed by atoms with Crippen molar-refractivity contribution in [1.29, 1.82) is 0 Å². The normalized spacial score (nSPS) is 10.7. The van der Waals surface area contributed by atoms with Crippen LogP contribution >= 0.6 is 0 Å². The predicted molar refractivity (Wildman–Crippen MR) is 59.2 cm³/mol. The summed E-state index contributed by atoms with van der Waals surface area (Å²) in [7, 11) is 1.34. The third kappa shape index (κ3) is 1.45. The van der Waals surface area contributed by atoms with Crippen LogP contribution in [0, 0.1) is 6.92 Å². The number of nitrogens with two attached hydrogens (primary N) is 1. The number of fused-ring (bicyclic) bond motifs is 1. The summed E-state index contributed by atoms with van der Waals surface area (Å²) in [6.07, 6.45) is 0. The average Bonchev–Trinajstić information content (AvgIpc) is 2.68. The highest BCUT2D eigenvalue weighted by atomic mass is 16.5. The number of pyridine rings is 1. The molecule has 2 aromatic heterocycles. The van der Waals surface area contributed by atoms with Crippen molar-refractivity contribution in [2.75, 3.05) is 7.11 Å². The van der Waals surface area contributed by atoms with Gasteiger partial charge in [-0.1, -0.05) is 6.07 Å². The van der Waals surface area contributed by atoms with Crippen molar-refractivity contribution in [1.82, 2.24) is 9.38 Å². The van der Waals surface area contributed by atoms with Crippen LogP contribution in [0.5, 0.6) is 0 Å². The van der Waals surface area contributed by atoms with Gasteiger partial charge in [0.15, 0.2) is 5.69 Å². The molecule has 2 heterocycles. The van der Waals surface area contributed by atoms with Gasteiger partial charge in [-0.3, -0.25) is 4.40 Å². The number of nitrogens with zero attached hydrogens (tertiary/aromatic N) is 2. The molecule has 0 spiro atoms. The lowest BCUT2D eigenvalue weighted by atomic mass is 10.3. The van der Waals surface area contributed by atoms with E-state index in [1.54, 1.807) is 0 Å². The summed E-state index contributed by atoms with van der Waals surface area (Å²) in [5.41, 5.74) is 7.63. The van der Waals surface area contributed by atoms with E-state index in [1.165, 1.54) is 7.11 Å². The Balaban J connectivity index is 2.78. The Hall–Kier alpha value is -1.88. The van der Waals surface area contributed by atoms with Crippen LogP contribution in [0.2, 0.25) is 0 Å². The monoisotopic (exact) mass is 219 g/mol. The number of carbonyl (C=O) groups excluding carboxylic acids is 1. The number of aryl methyl sites for hydroxylation is 1. The summed E-state index contributed by atoms with van der Waals surface area (Å²) in [6, 6.07) is 5.64. The van der Waals surface area contributed by atoms with Crippen molar-refractivity contribution < 1.29 is 9.53 Å². The first-order valence-corrected chi connectivity index (χ1v) is 4.94. The number of esters is 1. The third-order valence-corrected chi connectivity index (χ3v) is 2.49. The second-order valence-corrected chi connectivity index (χ2v) is 3.46. The van der Waals surface area contributed by atoms with Gasteiger partial charge in [0.05, 0.1) is 19.2 Å². The van der Waals surface area contributed by atoms with Gasteiger partial charge in [0.1, 0.15) is 5.82 Å². The fraction of sp³-hybridized carbons (Fsp3) is 0.273. The summed E-state index contributed by atoms with van der Waals surface area (Å²) in [6.45, 7) is 2.22. The molecule has 84 valence electrons. The van der Waals surface area contributed by atoms with E-state index < -0.39 is 5.97 Å². The zero-order valence-electron chi connectivity index (χ0n) is 9.23. The highest BCUT2D eigenvalue weighted by molar-refractivity contribution is 5.95. The topological polar surface area (TPSA) is 69.6 Å². The molecule has 0 aliphatic heterocycles. The molecule has 0 fully saturated rings. The maximum atomic E-state index is 11.5. The van der Waals surface area contributed by atoms with Gasteiger partial charge < -0.3 is 10.5 Å². The Morgan fingerprint density at radius 2 is 2.31 bits per heavy atom. The standard InChI is InChI=1S/C11H13N3O2/c1-7-4-3-5-8-10(11(15)16-2)13-9(6-12)14(7)8/h3-5H,6,12H2,1-2H3. The molecule has 2 N–H and O–H groups in total. The molecular weight excluding hydrogens is 206 g/mol. The van der Waals surface area contributed by atoms with Crippen LogP contribution in [0.1, 0.15) is 22.0 Å². The van der Waals surface area contributed by atoms with Crippen molar-refractivity contribution in [3.63, 3.8) is 0 Å². The van der Waals surface area contributed by atoms with Crippen molar-refractivity contribution in [2.45, 2.75) is 13.5 Å². The first kappa shape index (κ1) is 10.6. The first-order chi connectivity index (χ1) is 7.69. The molecule has 5 heteroatoms. The van der Waals surface area contributed by atoms with E-state index in [2.05, 4.69) is 9.72 Å². The zero-order valence-corrected chi connectivity index (χ0v) is 9.23. The van der Waals surface area contributed by atoms with Gasteiger partial charge in [0.2, 0.25) is 0 Å². The number of hydrogen-bond acceptors (Lipinski definition) is 4. The molecule has 5 nitrogen and oxygen atoms in total. The van der Waals surface area contributed by atoms with E-state index in [9.17, 15) is 4.79 Å².